The van der Waals surface area contributed by atoms with Crippen molar-refractivity contribution in [2.75, 3.05) is 11.6 Å². The molecule has 3 N–H and O–H groups in total. The van der Waals surface area contributed by atoms with Crippen LogP contribution in [0.25, 0.3) is 0 Å². The van der Waals surface area contributed by atoms with Gasteiger partial charge in [-0.1, -0.05) is 6.08 Å². The maximum absolute atomic E-state index is 11.6. The van der Waals surface area contributed by atoms with Crippen LogP contribution >= 0.6 is 11.8 Å². The molecule has 0 bridgehead atoms. The molecule has 1 aromatic rings. The Morgan fingerprint density at radius 1 is 1.56 bits per heavy atom. The summed E-state index contributed by atoms with van der Waals surface area (Å²) in [7, 11) is 0. The van der Waals surface area contributed by atoms with Crippen molar-refractivity contribution < 1.29 is 4.79 Å². The summed E-state index contributed by atoms with van der Waals surface area (Å²) >= 11 is 1.66. The van der Waals surface area contributed by atoms with E-state index in [1.165, 1.54) is 0 Å². The largest absolute Gasteiger partial charge is 0.325 e. The van der Waals surface area contributed by atoms with Crippen LogP contribution in [-0.4, -0.2) is 18.2 Å². The summed E-state index contributed by atoms with van der Waals surface area (Å²) < 4.78 is 0. The summed E-state index contributed by atoms with van der Waals surface area (Å²) in [6.45, 7) is 3.55. The minimum Gasteiger partial charge on any atom is -0.325 e. The Kier molecular flexibility index (Phi) is 5.08. The smallest absolute Gasteiger partial charge is 0.241 e. The highest BCUT2D eigenvalue weighted by Gasteiger charge is 2.11. The molecule has 1 aromatic carbocycles. The Balaban J connectivity index is 2.58. The normalized spacial score (nSPS) is 11.9. The van der Waals surface area contributed by atoms with Gasteiger partial charge in [0.2, 0.25) is 5.91 Å². The molecule has 86 valence electrons. The van der Waals surface area contributed by atoms with Gasteiger partial charge in [0, 0.05) is 10.6 Å². The van der Waals surface area contributed by atoms with Crippen molar-refractivity contribution in [1.29, 1.82) is 0 Å². The quantitative estimate of drug-likeness (QED) is 0.609. The number of rotatable bonds is 5. The predicted molar refractivity (Wildman–Crippen MR) is 69.6 cm³/mol. The van der Waals surface area contributed by atoms with Crippen molar-refractivity contribution >= 4 is 23.4 Å². The van der Waals surface area contributed by atoms with Crippen LogP contribution in [0, 0.1) is 0 Å². The van der Waals surface area contributed by atoms with Gasteiger partial charge in [0.1, 0.15) is 0 Å². The van der Waals surface area contributed by atoms with Crippen LogP contribution in [0.3, 0.4) is 0 Å². The van der Waals surface area contributed by atoms with Crippen LogP contribution in [0.1, 0.15) is 6.42 Å². The average Bonchev–Trinajstić information content (AvgIpc) is 2.30. The Bertz CT molecular complexity index is 362. The van der Waals surface area contributed by atoms with Crippen molar-refractivity contribution in [2.45, 2.75) is 17.4 Å². The van der Waals surface area contributed by atoms with E-state index in [4.69, 9.17) is 5.73 Å². The molecule has 0 aliphatic heterocycles. The van der Waals surface area contributed by atoms with Gasteiger partial charge < -0.3 is 11.1 Å². The first-order valence-electron chi connectivity index (χ1n) is 4.98. The molecular formula is C12H16N2OS. The van der Waals surface area contributed by atoms with E-state index in [0.29, 0.717) is 6.42 Å². The molecule has 0 heterocycles. The number of carbonyl (C=O) groups excluding carboxylic acids is 1. The van der Waals surface area contributed by atoms with E-state index in [0.717, 1.165) is 10.6 Å². The van der Waals surface area contributed by atoms with Crippen molar-refractivity contribution in [2.24, 2.45) is 5.73 Å². The molecule has 1 unspecified atom stereocenters. The lowest BCUT2D eigenvalue weighted by Gasteiger charge is -2.10. The second-order valence-electron chi connectivity index (χ2n) is 3.35. The Labute approximate surface area is 100 Å². The Morgan fingerprint density at radius 3 is 2.69 bits per heavy atom. The molecule has 1 amide bonds. The van der Waals surface area contributed by atoms with Crippen LogP contribution < -0.4 is 11.1 Å². The molecule has 0 saturated carbocycles. The molecule has 0 aliphatic carbocycles. The van der Waals surface area contributed by atoms with Crippen LogP contribution in [0.2, 0.25) is 0 Å². The predicted octanol–water partition coefficient (Wildman–Crippen LogP) is 2.25. The lowest BCUT2D eigenvalue weighted by molar-refractivity contribution is -0.117. The summed E-state index contributed by atoms with van der Waals surface area (Å²) in [6.07, 6.45) is 4.13. The first kappa shape index (κ1) is 12.8. The van der Waals surface area contributed by atoms with Gasteiger partial charge in [0.15, 0.2) is 0 Å². The molecule has 4 heteroatoms. The minimum absolute atomic E-state index is 0.184. The zero-order valence-electron chi connectivity index (χ0n) is 9.27. The molecule has 0 aromatic heterocycles. The monoisotopic (exact) mass is 236 g/mol. The third-order valence-corrected chi connectivity index (χ3v) is 2.86. The number of carbonyl (C=O) groups is 1. The number of hydrogen-bond donors (Lipinski definition) is 2. The first-order valence-corrected chi connectivity index (χ1v) is 6.21. The number of benzene rings is 1. The summed E-state index contributed by atoms with van der Waals surface area (Å²) in [5.74, 6) is -0.184. The van der Waals surface area contributed by atoms with Crippen molar-refractivity contribution in [3.8, 4) is 0 Å². The zero-order chi connectivity index (χ0) is 12.0. The molecule has 3 nitrogen and oxygen atoms in total. The lowest BCUT2D eigenvalue weighted by Crippen LogP contribution is -2.34. The second kappa shape index (κ2) is 6.35. The van der Waals surface area contributed by atoms with Crippen molar-refractivity contribution in [3.05, 3.63) is 36.9 Å². The van der Waals surface area contributed by atoms with Crippen molar-refractivity contribution in [3.63, 3.8) is 0 Å². The standard InChI is InChI=1S/C12H16N2OS/c1-3-4-11(13)12(15)14-9-5-7-10(16-2)8-6-9/h3,5-8,11H,1,4,13H2,2H3,(H,14,15). The number of nitrogens with two attached hydrogens (primary N) is 1. The Hall–Kier alpha value is -1.26. The van der Waals surface area contributed by atoms with Gasteiger partial charge in [0.25, 0.3) is 0 Å². The van der Waals surface area contributed by atoms with Gasteiger partial charge in [-0.3, -0.25) is 4.79 Å². The molecule has 1 rings (SSSR count). The van der Waals surface area contributed by atoms with E-state index in [2.05, 4.69) is 11.9 Å². The fraction of sp³-hybridized carbons (Fsp3) is 0.250. The minimum atomic E-state index is -0.530. The summed E-state index contributed by atoms with van der Waals surface area (Å²) in [6, 6.07) is 7.12. The third-order valence-electron chi connectivity index (χ3n) is 2.11. The summed E-state index contributed by atoms with van der Waals surface area (Å²) in [4.78, 5) is 12.7. The highest BCUT2D eigenvalue weighted by atomic mass is 32.2. The fourth-order valence-corrected chi connectivity index (χ4v) is 1.60. The first-order chi connectivity index (χ1) is 7.67. The topological polar surface area (TPSA) is 55.1 Å². The number of amides is 1. The average molecular weight is 236 g/mol. The molecule has 0 aliphatic rings. The number of nitrogens with one attached hydrogen (secondary N) is 1. The highest BCUT2D eigenvalue weighted by molar-refractivity contribution is 7.98. The van der Waals surface area contributed by atoms with E-state index in [9.17, 15) is 4.79 Å². The third kappa shape index (κ3) is 3.72. The van der Waals surface area contributed by atoms with Crippen LogP contribution in [0.15, 0.2) is 41.8 Å². The van der Waals surface area contributed by atoms with Crippen LogP contribution in [0.5, 0.6) is 0 Å². The fourth-order valence-electron chi connectivity index (χ4n) is 1.20. The molecule has 0 spiro atoms. The highest BCUT2D eigenvalue weighted by Crippen LogP contribution is 2.17. The summed E-state index contributed by atoms with van der Waals surface area (Å²) in [5.41, 5.74) is 6.41. The molecule has 1 atom stereocenters. The maximum atomic E-state index is 11.6. The van der Waals surface area contributed by atoms with E-state index in [1.54, 1.807) is 17.8 Å². The van der Waals surface area contributed by atoms with Crippen LogP contribution in [-0.2, 0) is 4.79 Å². The number of thioether (sulfide) groups is 1. The number of hydrogen-bond acceptors (Lipinski definition) is 3. The Morgan fingerprint density at radius 2 is 2.19 bits per heavy atom. The zero-order valence-corrected chi connectivity index (χ0v) is 10.1. The maximum Gasteiger partial charge on any atom is 0.241 e. The molecule has 16 heavy (non-hydrogen) atoms. The van der Waals surface area contributed by atoms with E-state index in [-0.39, 0.29) is 5.91 Å². The lowest BCUT2D eigenvalue weighted by atomic mass is 10.2. The van der Waals surface area contributed by atoms with Gasteiger partial charge in [0.05, 0.1) is 6.04 Å². The second-order valence-corrected chi connectivity index (χ2v) is 4.23. The van der Waals surface area contributed by atoms with E-state index in [1.807, 2.05) is 30.5 Å². The van der Waals surface area contributed by atoms with E-state index < -0.39 is 6.04 Å². The van der Waals surface area contributed by atoms with Gasteiger partial charge in [-0.15, -0.1) is 18.3 Å². The molecule has 0 radical (unpaired) electrons. The molecule has 0 fully saturated rings. The van der Waals surface area contributed by atoms with Gasteiger partial charge in [-0.05, 0) is 36.9 Å². The van der Waals surface area contributed by atoms with Crippen LogP contribution in [0.4, 0.5) is 5.69 Å². The summed E-state index contributed by atoms with van der Waals surface area (Å²) in [5, 5.41) is 2.76. The number of anilines is 1. The van der Waals surface area contributed by atoms with E-state index >= 15 is 0 Å². The van der Waals surface area contributed by atoms with Gasteiger partial charge in [-0.25, -0.2) is 0 Å². The SMILES string of the molecule is C=CCC(N)C(=O)Nc1ccc(SC)cc1. The van der Waals surface area contributed by atoms with Crippen molar-refractivity contribution in [1.82, 2.24) is 0 Å². The molecular weight excluding hydrogens is 220 g/mol. The van der Waals surface area contributed by atoms with Gasteiger partial charge in [-0.2, -0.15) is 0 Å². The molecule has 0 saturated heterocycles. The van der Waals surface area contributed by atoms with Gasteiger partial charge >= 0.3 is 0 Å².